The molecule has 1 rings (SSSR count). The maximum atomic E-state index is 11.0. The smallest absolute Gasteiger partial charge is 0.147 e. The Bertz CT molecular complexity index is 429. The maximum Gasteiger partial charge on any atom is 0.147 e. The highest BCUT2D eigenvalue weighted by Crippen LogP contribution is 2.13. The van der Waals surface area contributed by atoms with Crippen LogP contribution in [0.3, 0.4) is 0 Å². The molecule has 0 saturated carbocycles. The van der Waals surface area contributed by atoms with Gasteiger partial charge in [0.15, 0.2) is 0 Å². The number of hydrogen-bond donors (Lipinski definition) is 2. The van der Waals surface area contributed by atoms with Crippen LogP contribution in [-0.2, 0) is 9.84 Å². The first-order valence-electron chi connectivity index (χ1n) is 4.85. The fraction of sp³-hybridized carbons (Fsp3) is 0.556. The van der Waals surface area contributed by atoms with Crippen molar-refractivity contribution >= 4 is 9.84 Å². The van der Waals surface area contributed by atoms with Gasteiger partial charge in [-0.05, 0) is 13.3 Å². The largest absolute Gasteiger partial charge is 0.271 e. The number of sulfone groups is 1. The molecule has 0 aromatic carbocycles. The molecule has 1 aromatic rings. The van der Waals surface area contributed by atoms with Gasteiger partial charge in [-0.3, -0.25) is 21.2 Å². The Morgan fingerprint density at radius 3 is 2.56 bits per heavy atom. The van der Waals surface area contributed by atoms with Crippen molar-refractivity contribution in [2.24, 2.45) is 5.84 Å². The number of hydrazine groups is 1. The third kappa shape index (κ3) is 4.21. The number of aromatic nitrogens is 2. The lowest BCUT2D eigenvalue weighted by atomic mass is 10.2. The van der Waals surface area contributed by atoms with Crippen molar-refractivity contribution in [2.45, 2.75) is 19.4 Å². The number of nitrogens with one attached hydrogen (secondary N) is 1. The van der Waals surface area contributed by atoms with E-state index < -0.39 is 9.84 Å². The maximum absolute atomic E-state index is 11.0. The number of hydrogen-bond acceptors (Lipinski definition) is 6. The minimum atomic E-state index is -2.99. The molecule has 1 aromatic heterocycles. The molecule has 0 aliphatic carbocycles. The second-order valence-electron chi connectivity index (χ2n) is 3.72. The summed E-state index contributed by atoms with van der Waals surface area (Å²) < 4.78 is 22.1. The van der Waals surface area contributed by atoms with Crippen LogP contribution in [0.5, 0.6) is 0 Å². The van der Waals surface area contributed by atoms with Crippen molar-refractivity contribution in [3.05, 3.63) is 23.8 Å². The van der Waals surface area contributed by atoms with Crippen LogP contribution in [-0.4, -0.2) is 30.4 Å². The van der Waals surface area contributed by atoms with E-state index in [0.29, 0.717) is 12.1 Å². The van der Waals surface area contributed by atoms with Gasteiger partial charge < -0.3 is 0 Å². The molecule has 0 amide bonds. The summed E-state index contributed by atoms with van der Waals surface area (Å²) >= 11 is 0. The zero-order valence-corrected chi connectivity index (χ0v) is 10.2. The molecule has 16 heavy (non-hydrogen) atoms. The molecule has 1 atom stereocenters. The molecular formula is C9H16N4O2S. The molecule has 0 radical (unpaired) electrons. The second-order valence-corrected chi connectivity index (χ2v) is 5.98. The number of rotatable bonds is 5. The summed E-state index contributed by atoms with van der Waals surface area (Å²) in [5.74, 6) is 5.43. The van der Waals surface area contributed by atoms with Gasteiger partial charge in [-0.2, -0.15) is 0 Å². The number of nitrogens with two attached hydrogens (primary N) is 1. The lowest BCUT2D eigenvalue weighted by Crippen LogP contribution is -2.30. The molecule has 0 fully saturated rings. The lowest BCUT2D eigenvalue weighted by Gasteiger charge is -2.14. The third-order valence-electron chi connectivity index (χ3n) is 2.14. The summed E-state index contributed by atoms with van der Waals surface area (Å²) in [7, 11) is -2.99. The molecule has 0 bridgehead atoms. The minimum absolute atomic E-state index is 0.0669. The van der Waals surface area contributed by atoms with E-state index in [4.69, 9.17) is 5.84 Å². The van der Waals surface area contributed by atoms with Gasteiger partial charge in [0.05, 0.1) is 29.4 Å². The summed E-state index contributed by atoms with van der Waals surface area (Å²) in [6, 6.07) is -0.289. The van der Waals surface area contributed by atoms with E-state index in [1.165, 1.54) is 6.26 Å². The van der Waals surface area contributed by atoms with Crippen molar-refractivity contribution in [3.63, 3.8) is 0 Å². The monoisotopic (exact) mass is 244 g/mol. The van der Waals surface area contributed by atoms with E-state index in [0.717, 1.165) is 5.69 Å². The van der Waals surface area contributed by atoms with E-state index in [-0.39, 0.29) is 11.8 Å². The van der Waals surface area contributed by atoms with Gasteiger partial charge in [-0.1, -0.05) is 0 Å². The highest BCUT2D eigenvalue weighted by Gasteiger charge is 2.14. The first-order chi connectivity index (χ1) is 7.42. The van der Waals surface area contributed by atoms with Crippen molar-refractivity contribution in [3.8, 4) is 0 Å². The predicted octanol–water partition coefficient (Wildman–Crippen LogP) is -0.276. The molecule has 6 nitrogen and oxygen atoms in total. The Morgan fingerprint density at radius 2 is 2.12 bits per heavy atom. The molecule has 0 aliphatic heterocycles. The molecule has 0 spiro atoms. The topological polar surface area (TPSA) is 98.0 Å². The van der Waals surface area contributed by atoms with E-state index in [1.807, 2.05) is 6.92 Å². The lowest BCUT2D eigenvalue weighted by molar-refractivity contribution is 0.518. The van der Waals surface area contributed by atoms with Gasteiger partial charge in [0.25, 0.3) is 0 Å². The normalized spacial score (nSPS) is 13.7. The van der Waals surface area contributed by atoms with Crippen LogP contribution in [0.4, 0.5) is 0 Å². The molecule has 3 N–H and O–H groups in total. The number of nitrogens with zero attached hydrogens (tertiary/aromatic N) is 2. The molecule has 90 valence electrons. The second kappa shape index (κ2) is 5.33. The summed E-state index contributed by atoms with van der Waals surface area (Å²) in [5.41, 5.74) is 4.00. The van der Waals surface area contributed by atoms with Crippen LogP contribution < -0.4 is 11.3 Å². The molecule has 1 heterocycles. The van der Waals surface area contributed by atoms with Gasteiger partial charge >= 0.3 is 0 Å². The summed E-state index contributed by atoms with van der Waals surface area (Å²) in [6.45, 7) is 1.83. The van der Waals surface area contributed by atoms with Gasteiger partial charge in [-0.25, -0.2) is 8.42 Å². The van der Waals surface area contributed by atoms with E-state index in [1.54, 1.807) is 12.4 Å². The van der Waals surface area contributed by atoms with Gasteiger partial charge in [0.2, 0.25) is 0 Å². The summed E-state index contributed by atoms with van der Waals surface area (Å²) in [4.78, 5) is 8.24. The van der Waals surface area contributed by atoms with Crippen LogP contribution >= 0.6 is 0 Å². The van der Waals surface area contributed by atoms with Crippen LogP contribution in [0.2, 0.25) is 0 Å². The predicted molar refractivity (Wildman–Crippen MR) is 61.2 cm³/mol. The first kappa shape index (κ1) is 13.0. The van der Waals surface area contributed by atoms with E-state index >= 15 is 0 Å². The zero-order chi connectivity index (χ0) is 12.2. The van der Waals surface area contributed by atoms with Gasteiger partial charge in [0.1, 0.15) is 9.84 Å². The SMILES string of the molecule is Cc1cnc(C(CCS(C)(=O)=O)NN)cn1. The third-order valence-corrected chi connectivity index (χ3v) is 3.11. The standard InChI is InChI=1S/C9H16N4O2S/c1-7-5-12-9(6-11-7)8(13-10)3-4-16(2,14)15/h5-6,8,13H,3-4,10H2,1-2H3. The van der Waals surface area contributed by atoms with Crippen LogP contribution in [0, 0.1) is 6.92 Å². The Labute approximate surface area is 95.2 Å². The molecular weight excluding hydrogens is 228 g/mol. The highest BCUT2D eigenvalue weighted by molar-refractivity contribution is 7.90. The molecule has 7 heteroatoms. The Kier molecular flexibility index (Phi) is 4.34. The van der Waals surface area contributed by atoms with Crippen LogP contribution in [0.15, 0.2) is 12.4 Å². The first-order valence-corrected chi connectivity index (χ1v) is 6.91. The molecule has 1 unspecified atom stereocenters. The Morgan fingerprint density at radius 1 is 1.44 bits per heavy atom. The van der Waals surface area contributed by atoms with Crippen molar-refractivity contribution in [1.29, 1.82) is 0 Å². The van der Waals surface area contributed by atoms with Gasteiger partial charge in [0, 0.05) is 12.5 Å². The van der Waals surface area contributed by atoms with Crippen molar-refractivity contribution in [1.82, 2.24) is 15.4 Å². The van der Waals surface area contributed by atoms with E-state index in [2.05, 4.69) is 15.4 Å². The fourth-order valence-corrected chi connectivity index (χ4v) is 1.89. The molecule has 0 saturated heterocycles. The molecule has 0 aliphatic rings. The minimum Gasteiger partial charge on any atom is -0.271 e. The Balaban J connectivity index is 2.71. The van der Waals surface area contributed by atoms with Crippen LogP contribution in [0.1, 0.15) is 23.9 Å². The summed E-state index contributed by atoms with van der Waals surface area (Å²) in [5, 5.41) is 0. The van der Waals surface area contributed by atoms with Crippen molar-refractivity contribution in [2.75, 3.05) is 12.0 Å². The summed E-state index contributed by atoms with van der Waals surface area (Å²) in [6.07, 6.45) is 4.80. The number of aryl methyl sites for hydroxylation is 1. The van der Waals surface area contributed by atoms with Gasteiger partial charge in [-0.15, -0.1) is 0 Å². The quantitative estimate of drug-likeness (QED) is 0.546. The van der Waals surface area contributed by atoms with Crippen LogP contribution in [0.25, 0.3) is 0 Å². The van der Waals surface area contributed by atoms with Crippen molar-refractivity contribution < 1.29 is 8.42 Å². The average Bonchev–Trinajstić information content (AvgIpc) is 2.20. The fourth-order valence-electron chi connectivity index (χ4n) is 1.23. The average molecular weight is 244 g/mol. The van der Waals surface area contributed by atoms with E-state index in [9.17, 15) is 8.42 Å². The zero-order valence-electron chi connectivity index (χ0n) is 9.34. The Hall–Kier alpha value is -1.05. The highest BCUT2D eigenvalue weighted by atomic mass is 32.2.